The minimum Gasteiger partial charge on any atom is -0.329 e. The summed E-state index contributed by atoms with van der Waals surface area (Å²) in [4.78, 5) is 16.9. The van der Waals surface area contributed by atoms with Gasteiger partial charge in [0.25, 0.3) is 0 Å². The number of carbonyl (C=O) groups excluding carboxylic acids is 1. The van der Waals surface area contributed by atoms with Crippen molar-refractivity contribution in [2.24, 2.45) is 0 Å². The summed E-state index contributed by atoms with van der Waals surface area (Å²) in [6, 6.07) is 10.3. The zero-order chi connectivity index (χ0) is 27.6. The number of aromatic nitrogens is 1. The minimum atomic E-state index is -4.81. The number of hydrogen-bond acceptors (Lipinski definition) is 2. The van der Waals surface area contributed by atoms with Crippen LogP contribution in [0.4, 0.5) is 31.1 Å². The predicted octanol–water partition coefficient (Wildman–Crippen LogP) is 7.48. The summed E-state index contributed by atoms with van der Waals surface area (Å²) < 4.78 is 80.4. The van der Waals surface area contributed by atoms with Gasteiger partial charge < -0.3 is 10.6 Å². The molecule has 4 nitrogen and oxygen atoms in total. The van der Waals surface area contributed by atoms with Gasteiger partial charge in [0, 0.05) is 6.20 Å². The first-order chi connectivity index (χ1) is 17.1. The fourth-order valence-electron chi connectivity index (χ4n) is 3.76. The van der Waals surface area contributed by atoms with Crippen LogP contribution in [0.1, 0.15) is 60.3 Å². The molecule has 0 aliphatic carbocycles. The first-order valence-electron chi connectivity index (χ1n) is 11.1. The number of allylic oxidation sites excluding steroid dienone is 1. The van der Waals surface area contributed by atoms with E-state index in [1.807, 2.05) is 19.1 Å². The molecule has 10 heteroatoms. The summed E-state index contributed by atoms with van der Waals surface area (Å²) in [5.74, 6) is 0. The quantitative estimate of drug-likeness (QED) is 0.331. The van der Waals surface area contributed by atoms with Gasteiger partial charge in [-0.2, -0.15) is 26.3 Å². The van der Waals surface area contributed by atoms with E-state index in [9.17, 15) is 31.1 Å². The van der Waals surface area contributed by atoms with Gasteiger partial charge >= 0.3 is 18.4 Å². The lowest BCUT2D eigenvalue weighted by atomic mass is 9.91. The fourth-order valence-corrected chi connectivity index (χ4v) is 3.76. The summed E-state index contributed by atoms with van der Waals surface area (Å²) in [6.07, 6.45) is -8.33. The molecule has 37 heavy (non-hydrogen) atoms. The van der Waals surface area contributed by atoms with E-state index in [1.165, 1.54) is 0 Å². The first-order valence-corrected chi connectivity index (χ1v) is 11.1. The zero-order valence-electron chi connectivity index (χ0n) is 20.3. The molecule has 0 aliphatic heterocycles. The van der Waals surface area contributed by atoms with Crippen molar-refractivity contribution in [3.05, 3.63) is 107 Å². The lowest BCUT2D eigenvalue weighted by Crippen LogP contribution is -2.48. The number of rotatable bonds is 6. The van der Waals surface area contributed by atoms with E-state index in [4.69, 9.17) is 0 Å². The Morgan fingerprint density at radius 1 is 0.892 bits per heavy atom. The Morgan fingerprint density at radius 3 is 2.11 bits per heavy atom. The Bertz CT molecular complexity index is 1280. The van der Waals surface area contributed by atoms with Crippen LogP contribution in [-0.2, 0) is 17.9 Å². The molecule has 3 rings (SSSR count). The Morgan fingerprint density at radius 2 is 1.54 bits per heavy atom. The molecule has 0 saturated carbocycles. The first kappa shape index (κ1) is 27.8. The third-order valence-electron chi connectivity index (χ3n) is 5.77. The molecule has 3 aromatic rings. The second-order valence-electron chi connectivity index (χ2n) is 9.07. The summed E-state index contributed by atoms with van der Waals surface area (Å²) in [5, 5.41) is 5.21. The monoisotopic (exact) mass is 521 g/mol. The Kier molecular flexibility index (Phi) is 7.71. The van der Waals surface area contributed by atoms with Crippen LogP contribution in [0.2, 0.25) is 0 Å². The summed E-state index contributed by atoms with van der Waals surface area (Å²) in [6.45, 7) is 9.14. The van der Waals surface area contributed by atoms with Crippen LogP contribution >= 0.6 is 0 Å². The molecule has 0 fully saturated rings. The molecule has 2 amide bonds. The second-order valence-corrected chi connectivity index (χ2v) is 9.07. The normalized spacial score (nSPS) is 13.1. The van der Waals surface area contributed by atoms with Crippen molar-refractivity contribution in [2.45, 2.75) is 44.7 Å². The molecule has 0 unspecified atom stereocenters. The van der Waals surface area contributed by atoms with E-state index in [0.717, 1.165) is 53.7 Å². The summed E-state index contributed by atoms with van der Waals surface area (Å²) in [7, 11) is 0. The van der Waals surface area contributed by atoms with Crippen molar-refractivity contribution in [2.75, 3.05) is 0 Å². The standard InChI is InChI=1S/C27H25F6N3O/c1-16(2)18-7-5-8-20(15-18)25(3,4)36-24(37)35-22(17-10-12-19(13-11-17)26(28,29)30)23-21(27(31,32)33)9-6-14-34-23/h5-15,22H,1H2,2-4H3,(H2,35,36,37)/t22-/m0/s1. The van der Waals surface area contributed by atoms with Crippen LogP contribution in [0.3, 0.4) is 0 Å². The molecule has 1 heterocycles. The lowest BCUT2D eigenvalue weighted by molar-refractivity contribution is -0.139. The fraction of sp³-hybridized carbons (Fsp3) is 0.259. The number of nitrogens with one attached hydrogen (secondary N) is 2. The van der Waals surface area contributed by atoms with Crippen molar-refractivity contribution >= 4 is 11.6 Å². The van der Waals surface area contributed by atoms with Crippen molar-refractivity contribution in [3.8, 4) is 0 Å². The number of alkyl halides is 6. The Balaban J connectivity index is 1.98. The number of nitrogens with zero attached hydrogens (tertiary/aromatic N) is 1. The van der Waals surface area contributed by atoms with Gasteiger partial charge in [-0.15, -0.1) is 0 Å². The third kappa shape index (κ3) is 6.69. The van der Waals surface area contributed by atoms with Crippen molar-refractivity contribution < 1.29 is 31.1 Å². The van der Waals surface area contributed by atoms with Crippen LogP contribution < -0.4 is 10.6 Å². The maximum atomic E-state index is 13.8. The van der Waals surface area contributed by atoms with E-state index in [2.05, 4.69) is 22.2 Å². The SMILES string of the molecule is C=C(C)c1cccc(C(C)(C)NC(=O)N[C@@H](c2ccc(C(F)(F)F)cc2)c2ncccc2C(F)(F)F)c1. The number of urea groups is 1. The average molecular weight is 522 g/mol. The van der Waals surface area contributed by atoms with E-state index in [0.29, 0.717) is 5.56 Å². The van der Waals surface area contributed by atoms with Gasteiger partial charge in [-0.25, -0.2) is 4.79 Å². The number of hydrogen-bond donors (Lipinski definition) is 2. The summed E-state index contributed by atoms with van der Waals surface area (Å²) in [5.41, 5.74) is -1.25. The average Bonchev–Trinajstić information content (AvgIpc) is 2.81. The zero-order valence-corrected chi connectivity index (χ0v) is 20.3. The molecule has 0 saturated heterocycles. The molecular weight excluding hydrogens is 496 g/mol. The third-order valence-corrected chi connectivity index (χ3v) is 5.77. The van der Waals surface area contributed by atoms with Crippen LogP contribution in [0.15, 0.2) is 73.4 Å². The second kappa shape index (κ2) is 10.3. The molecule has 1 aromatic heterocycles. The van der Waals surface area contributed by atoms with Crippen molar-refractivity contribution in [1.29, 1.82) is 0 Å². The van der Waals surface area contributed by atoms with Crippen LogP contribution in [0.5, 0.6) is 0 Å². The Hall–Kier alpha value is -3.82. The maximum absolute atomic E-state index is 13.8. The molecule has 0 bridgehead atoms. The predicted molar refractivity (Wildman–Crippen MR) is 128 cm³/mol. The van der Waals surface area contributed by atoms with E-state index in [-0.39, 0.29) is 5.56 Å². The van der Waals surface area contributed by atoms with Gasteiger partial charge in [0.15, 0.2) is 0 Å². The van der Waals surface area contributed by atoms with Gasteiger partial charge in [-0.05, 0) is 67.8 Å². The number of pyridine rings is 1. The molecular formula is C27H25F6N3O. The molecule has 0 spiro atoms. The van der Waals surface area contributed by atoms with Gasteiger partial charge in [-0.1, -0.05) is 42.5 Å². The van der Waals surface area contributed by atoms with Gasteiger partial charge in [0.2, 0.25) is 0 Å². The molecule has 2 aromatic carbocycles. The van der Waals surface area contributed by atoms with E-state index < -0.39 is 46.8 Å². The number of halogens is 6. The highest BCUT2D eigenvalue weighted by atomic mass is 19.4. The smallest absolute Gasteiger partial charge is 0.329 e. The lowest BCUT2D eigenvalue weighted by Gasteiger charge is -2.30. The molecule has 196 valence electrons. The van der Waals surface area contributed by atoms with Crippen LogP contribution in [-0.4, -0.2) is 11.0 Å². The molecule has 0 radical (unpaired) electrons. The Labute approximate surface area is 210 Å². The van der Waals surface area contributed by atoms with E-state index >= 15 is 0 Å². The molecule has 1 atom stereocenters. The highest BCUT2D eigenvalue weighted by Crippen LogP contribution is 2.36. The van der Waals surface area contributed by atoms with Gasteiger partial charge in [0.1, 0.15) is 0 Å². The summed E-state index contributed by atoms with van der Waals surface area (Å²) >= 11 is 0. The molecule has 0 aliphatic rings. The number of benzene rings is 2. The highest BCUT2D eigenvalue weighted by Gasteiger charge is 2.38. The highest BCUT2D eigenvalue weighted by molar-refractivity contribution is 5.76. The minimum absolute atomic E-state index is 0.00515. The van der Waals surface area contributed by atoms with Crippen LogP contribution in [0, 0.1) is 0 Å². The van der Waals surface area contributed by atoms with Crippen molar-refractivity contribution in [1.82, 2.24) is 15.6 Å². The number of amides is 2. The van der Waals surface area contributed by atoms with Gasteiger partial charge in [-0.3, -0.25) is 4.98 Å². The largest absolute Gasteiger partial charge is 0.418 e. The van der Waals surface area contributed by atoms with Crippen molar-refractivity contribution in [3.63, 3.8) is 0 Å². The van der Waals surface area contributed by atoms with Crippen LogP contribution in [0.25, 0.3) is 5.57 Å². The van der Waals surface area contributed by atoms with Gasteiger partial charge in [0.05, 0.1) is 28.4 Å². The number of carbonyl (C=O) groups is 1. The van der Waals surface area contributed by atoms with E-state index in [1.54, 1.807) is 26.0 Å². The topological polar surface area (TPSA) is 54.0 Å². The molecule has 2 N–H and O–H groups in total. The maximum Gasteiger partial charge on any atom is 0.418 e.